The first-order chi connectivity index (χ1) is 52.0. The highest BCUT2D eigenvalue weighted by Gasteiger charge is 2.46. The zero-order chi connectivity index (χ0) is 69.6. The maximum Gasteiger partial charge on any atom is 0.252 e. The van der Waals surface area contributed by atoms with E-state index in [0.717, 1.165) is 162 Å². The van der Waals surface area contributed by atoms with Crippen LogP contribution in [-0.4, -0.2) is 15.8 Å². The SMILES string of the molecule is [C-]#[N+]c1ccccc1-c1cccc(-c2cccc(-c3ccccc3)c2)c1N1c2cc(-n3c4ccccc4c4ccccc43)ccc2B2c3ccc(-n4c5ccccc5c5ccccc54)cc3N(c3c(-c4cccc(-c5ccccc5)c4)cccc3-c3ccccc3C#N)c3cc(-c4ccccc4)cc1c32. The normalized spacial score (nSPS) is 12.1. The summed E-state index contributed by atoms with van der Waals surface area (Å²) in [5, 5.41) is 16.1. The van der Waals surface area contributed by atoms with E-state index in [9.17, 15) is 5.26 Å². The molecule has 0 fully saturated rings. The summed E-state index contributed by atoms with van der Waals surface area (Å²) in [7, 11) is 0. The van der Waals surface area contributed by atoms with Crippen LogP contribution >= 0.6 is 0 Å². The summed E-state index contributed by atoms with van der Waals surface area (Å²) >= 11 is 0. The minimum Gasteiger partial charge on any atom is -0.310 e. The van der Waals surface area contributed by atoms with E-state index in [2.05, 4.69) is 376 Å². The van der Waals surface area contributed by atoms with E-state index in [1.54, 1.807) is 0 Å². The van der Waals surface area contributed by atoms with Crippen molar-refractivity contribution >= 4 is 107 Å². The average Bonchev–Trinajstić information content (AvgIpc) is 1.16. The quantitative estimate of drug-likeness (QED) is 0.0958. The molecule has 2 aliphatic rings. The van der Waals surface area contributed by atoms with Crippen molar-refractivity contribution in [2.24, 2.45) is 0 Å². The number of fused-ring (bicyclic) bond motifs is 10. The van der Waals surface area contributed by atoms with Gasteiger partial charge in [-0.15, -0.1) is 0 Å². The van der Waals surface area contributed by atoms with E-state index >= 15 is 0 Å². The second-order valence-electron chi connectivity index (χ2n) is 27.2. The molecule has 0 radical (unpaired) electrons. The maximum atomic E-state index is 11.4. The molecule has 2 aliphatic heterocycles. The molecule has 0 saturated heterocycles. The van der Waals surface area contributed by atoms with Gasteiger partial charge in [-0.3, -0.25) is 0 Å². The summed E-state index contributed by atoms with van der Waals surface area (Å²) in [5.74, 6) is 0. The molecule has 0 aliphatic carbocycles. The van der Waals surface area contributed by atoms with Gasteiger partial charge < -0.3 is 18.9 Å². The van der Waals surface area contributed by atoms with E-state index in [1.807, 2.05) is 24.3 Å². The molecule has 0 amide bonds. The molecule has 0 atom stereocenters. The molecule has 4 heterocycles. The van der Waals surface area contributed by atoms with E-state index in [-0.39, 0.29) is 6.71 Å². The molecule has 7 heteroatoms. The number of anilines is 6. The van der Waals surface area contributed by atoms with Crippen molar-refractivity contribution in [3.8, 4) is 95.3 Å². The summed E-state index contributed by atoms with van der Waals surface area (Å²) in [6, 6.07) is 136. The number of nitrogens with zero attached hydrogens (tertiary/aromatic N) is 6. The first kappa shape index (κ1) is 60.7. The Balaban J connectivity index is 0.968. The Hall–Kier alpha value is -14.2. The van der Waals surface area contributed by atoms with Crippen LogP contribution in [0.5, 0.6) is 0 Å². The molecule has 0 saturated carbocycles. The van der Waals surface area contributed by atoms with Crippen LogP contribution in [0.4, 0.5) is 39.8 Å². The third-order valence-electron chi connectivity index (χ3n) is 21.6. The number of hydrogen-bond acceptors (Lipinski definition) is 3. The Labute approximate surface area is 609 Å². The number of benzene rings is 16. The highest BCUT2D eigenvalue weighted by molar-refractivity contribution is 7.00. The lowest BCUT2D eigenvalue weighted by molar-refractivity contribution is 1.17. The Kier molecular flexibility index (Phi) is 14.4. The monoisotopic (exact) mass is 1330 g/mol. The van der Waals surface area contributed by atoms with Gasteiger partial charge in [-0.2, -0.15) is 5.26 Å². The Bertz CT molecular complexity index is 6170. The standard InChI is InChI=1S/C98H61BN6/c1-101-87-48-18-13-39-78(87)84-47-26-45-77(70-37-24-35-68(58-70)65-29-7-3-8-30-65)98(84)105-93-62-74(103-90-51-21-16-42-81(90)82-43-17-22-52-91(82)103)54-56-86(93)99-85-55-53-73(102-88-49-19-14-40-79(88)80-41-15-20-50-89(80)102)61-92(85)104(94-59-72(60-95(105)96(94)99)66-31-9-4-10-32-66)97-76(44-25-46-83(97)75-38-12-11-33-71(75)63-100)69-36-23-34-67(57-69)64-27-5-2-6-28-64/h2-62H. The molecule has 0 bridgehead atoms. The zero-order valence-electron chi connectivity index (χ0n) is 57.0. The van der Waals surface area contributed by atoms with Gasteiger partial charge in [0.15, 0.2) is 5.69 Å². The van der Waals surface area contributed by atoms with Gasteiger partial charge >= 0.3 is 0 Å². The van der Waals surface area contributed by atoms with Gasteiger partial charge in [-0.1, -0.05) is 291 Å². The number of para-hydroxylation sites is 7. The van der Waals surface area contributed by atoms with Gasteiger partial charge in [0, 0.05) is 77.9 Å². The summed E-state index contributed by atoms with van der Waals surface area (Å²) in [6.45, 7) is 8.54. The summed E-state index contributed by atoms with van der Waals surface area (Å²) in [5.41, 5.74) is 30.8. The van der Waals surface area contributed by atoms with Crippen LogP contribution in [-0.2, 0) is 0 Å². The molecule has 20 rings (SSSR count). The van der Waals surface area contributed by atoms with E-state index in [1.165, 1.54) is 21.5 Å². The first-order valence-corrected chi connectivity index (χ1v) is 35.7. The van der Waals surface area contributed by atoms with Crippen molar-refractivity contribution in [1.29, 1.82) is 5.26 Å². The van der Waals surface area contributed by atoms with Gasteiger partial charge in [0.25, 0.3) is 6.71 Å². The summed E-state index contributed by atoms with van der Waals surface area (Å²) < 4.78 is 4.88. The summed E-state index contributed by atoms with van der Waals surface area (Å²) in [6.07, 6.45) is 0. The second-order valence-corrected chi connectivity index (χ2v) is 27.2. The van der Waals surface area contributed by atoms with Gasteiger partial charge in [0.05, 0.1) is 51.6 Å². The Morgan fingerprint density at radius 2 is 0.629 bits per heavy atom. The molecule has 0 unspecified atom stereocenters. The fraction of sp³-hybridized carbons (Fsp3) is 0. The van der Waals surface area contributed by atoms with Crippen molar-refractivity contribution in [2.45, 2.75) is 0 Å². The van der Waals surface area contributed by atoms with Crippen LogP contribution in [0.25, 0.3) is 138 Å². The smallest absolute Gasteiger partial charge is 0.252 e. The molecule has 18 aromatic rings. The predicted molar refractivity (Wildman–Crippen MR) is 438 cm³/mol. The average molecular weight is 1330 g/mol. The number of rotatable bonds is 11. The van der Waals surface area contributed by atoms with Gasteiger partial charge in [0.1, 0.15) is 0 Å². The fourth-order valence-electron chi connectivity index (χ4n) is 17.0. The molecule has 6 nitrogen and oxygen atoms in total. The Morgan fingerprint density at radius 1 is 0.276 bits per heavy atom. The van der Waals surface area contributed by atoms with E-state index in [4.69, 9.17) is 6.57 Å². The van der Waals surface area contributed by atoms with Gasteiger partial charge in [0.2, 0.25) is 0 Å². The molecular weight excluding hydrogens is 1270 g/mol. The third-order valence-corrected chi connectivity index (χ3v) is 21.6. The minimum absolute atomic E-state index is 0.368. The number of aromatic nitrogens is 2. The Morgan fingerprint density at radius 3 is 1.09 bits per heavy atom. The van der Waals surface area contributed by atoms with Crippen LogP contribution in [0.2, 0.25) is 0 Å². The van der Waals surface area contributed by atoms with Crippen LogP contribution in [0.3, 0.4) is 0 Å². The predicted octanol–water partition coefficient (Wildman–Crippen LogP) is 24.1. The van der Waals surface area contributed by atoms with E-state index in [0.29, 0.717) is 11.3 Å². The lowest BCUT2D eigenvalue weighted by Gasteiger charge is -2.46. The third kappa shape index (κ3) is 9.79. The lowest BCUT2D eigenvalue weighted by atomic mass is 9.33. The minimum atomic E-state index is -0.368. The van der Waals surface area contributed by atoms with Crippen LogP contribution in [0, 0.1) is 17.9 Å². The lowest BCUT2D eigenvalue weighted by Crippen LogP contribution is -2.61. The van der Waals surface area contributed by atoms with Crippen molar-refractivity contribution in [2.75, 3.05) is 9.80 Å². The van der Waals surface area contributed by atoms with Crippen LogP contribution in [0.15, 0.2) is 370 Å². The van der Waals surface area contributed by atoms with Crippen molar-refractivity contribution in [3.63, 3.8) is 0 Å². The highest BCUT2D eigenvalue weighted by atomic mass is 15.2. The fourth-order valence-corrected chi connectivity index (χ4v) is 17.0. The first-order valence-electron chi connectivity index (χ1n) is 35.7. The molecule has 486 valence electrons. The van der Waals surface area contributed by atoms with Crippen molar-refractivity contribution in [1.82, 2.24) is 9.13 Å². The molecule has 16 aromatic carbocycles. The largest absolute Gasteiger partial charge is 0.310 e. The van der Waals surface area contributed by atoms with Crippen molar-refractivity contribution < 1.29 is 0 Å². The van der Waals surface area contributed by atoms with Crippen LogP contribution in [0.1, 0.15) is 5.56 Å². The molecule has 0 N–H and O–H groups in total. The molecular formula is C98H61BN6. The van der Waals surface area contributed by atoms with Gasteiger partial charge in [-0.05, 0) is 151 Å². The van der Waals surface area contributed by atoms with Gasteiger partial charge in [-0.25, -0.2) is 4.85 Å². The topological polar surface area (TPSA) is 44.5 Å². The number of hydrogen-bond donors (Lipinski definition) is 0. The maximum absolute atomic E-state index is 11.4. The second kappa shape index (κ2) is 24.8. The summed E-state index contributed by atoms with van der Waals surface area (Å²) in [4.78, 5) is 9.46. The molecule has 2 aromatic heterocycles. The molecule has 105 heavy (non-hydrogen) atoms. The van der Waals surface area contributed by atoms with Crippen molar-refractivity contribution in [3.05, 3.63) is 387 Å². The van der Waals surface area contributed by atoms with Crippen LogP contribution < -0.4 is 26.2 Å². The zero-order valence-corrected chi connectivity index (χ0v) is 57.0. The van der Waals surface area contributed by atoms with E-state index < -0.39 is 0 Å². The highest BCUT2D eigenvalue weighted by Crippen LogP contribution is 2.55. The number of nitriles is 1. The molecule has 0 spiro atoms.